The average Bonchev–Trinajstić information content (AvgIpc) is 2.94. The van der Waals surface area contributed by atoms with Gasteiger partial charge in [0, 0.05) is 11.6 Å². The molecule has 7 heteroatoms. The third-order valence-electron chi connectivity index (χ3n) is 2.97. The predicted octanol–water partition coefficient (Wildman–Crippen LogP) is 1.76. The number of benzene rings is 2. The average molecular weight is 285 g/mol. The van der Waals surface area contributed by atoms with Crippen molar-refractivity contribution in [1.82, 2.24) is 15.0 Å². The normalized spacial score (nSPS) is 10.7. The highest BCUT2D eigenvalue weighted by Gasteiger charge is 2.11. The first kappa shape index (κ1) is 12.8. The van der Waals surface area contributed by atoms with Crippen LogP contribution in [0.25, 0.3) is 16.9 Å². The number of phenolic OH excluding ortho intramolecular Hbond substituents is 4. The van der Waals surface area contributed by atoms with E-state index in [1.54, 1.807) is 6.07 Å². The Balaban J connectivity index is 2.03. The van der Waals surface area contributed by atoms with Gasteiger partial charge in [0.15, 0.2) is 11.5 Å². The number of nitrogens with zero attached hydrogens (tertiary/aromatic N) is 3. The molecular weight excluding hydrogens is 274 g/mol. The van der Waals surface area contributed by atoms with Crippen LogP contribution in [-0.4, -0.2) is 35.4 Å². The number of hydrogen-bond acceptors (Lipinski definition) is 6. The molecule has 0 amide bonds. The van der Waals surface area contributed by atoms with Crippen LogP contribution in [0.1, 0.15) is 0 Å². The third kappa shape index (κ3) is 2.32. The Morgan fingerprint density at radius 1 is 0.810 bits per heavy atom. The largest absolute Gasteiger partial charge is 0.508 e. The topological polar surface area (TPSA) is 112 Å². The molecule has 0 bridgehead atoms. The van der Waals surface area contributed by atoms with Crippen LogP contribution in [0.5, 0.6) is 23.0 Å². The molecule has 4 N–H and O–H groups in total. The summed E-state index contributed by atoms with van der Waals surface area (Å²) in [5, 5.41) is 45.8. The van der Waals surface area contributed by atoms with Crippen molar-refractivity contribution in [2.24, 2.45) is 0 Å². The van der Waals surface area contributed by atoms with Gasteiger partial charge in [0.25, 0.3) is 0 Å². The molecule has 3 rings (SSSR count). The van der Waals surface area contributed by atoms with Crippen molar-refractivity contribution >= 4 is 0 Å². The van der Waals surface area contributed by atoms with Gasteiger partial charge < -0.3 is 20.4 Å². The smallest absolute Gasteiger partial charge is 0.159 e. The van der Waals surface area contributed by atoms with Gasteiger partial charge in [-0.1, -0.05) is 5.21 Å². The fourth-order valence-corrected chi connectivity index (χ4v) is 1.90. The van der Waals surface area contributed by atoms with E-state index in [1.165, 1.54) is 41.2 Å². The molecule has 0 saturated carbocycles. The maximum Gasteiger partial charge on any atom is 0.159 e. The first-order valence-corrected chi connectivity index (χ1v) is 6.01. The molecule has 0 atom stereocenters. The molecule has 0 aliphatic rings. The lowest BCUT2D eigenvalue weighted by atomic mass is 10.1. The minimum absolute atomic E-state index is 0.000345. The fraction of sp³-hybridized carbons (Fsp3) is 0. The Labute approximate surface area is 119 Å². The highest BCUT2D eigenvalue weighted by molar-refractivity contribution is 5.68. The van der Waals surface area contributed by atoms with Gasteiger partial charge in [-0.3, -0.25) is 0 Å². The standard InChI is InChI=1S/C14H11N3O4/c18-9-2-4-12(19)10(6-9)11-7-17(16-15-11)8-1-3-13(20)14(21)5-8/h1-7,18-21H. The molecule has 1 aromatic heterocycles. The van der Waals surface area contributed by atoms with Crippen molar-refractivity contribution in [2.45, 2.75) is 0 Å². The number of rotatable bonds is 2. The van der Waals surface area contributed by atoms with Gasteiger partial charge in [-0.05, 0) is 30.3 Å². The zero-order valence-electron chi connectivity index (χ0n) is 10.7. The van der Waals surface area contributed by atoms with E-state index in [0.717, 1.165) is 0 Å². The monoisotopic (exact) mass is 285 g/mol. The molecule has 0 radical (unpaired) electrons. The van der Waals surface area contributed by atoms with Crippen molar-refractivity contribution < 1.29 is 20.4 Å². The highest BCUT2D eigenvalue weighted by Crippen LogP contribution is 2.31. The van der Waals surface area contributed by atoms with E-state index in [4.69, 9.17) is 0 Å². The molecule has 21 heavy (non-hydrogen) atoms. The van der Waals surface area contributed by atoms with Crippen molar-refractivity contribution in [3.63, 3.8) is 0 Å². The summed E-state index contributed by atoms with van der Waals surface area (Å²) in [6.45, 7) is 0. The maximum atomic E-state index is 9.79. The lowest BCUT2D eigenvalue weighted by Crippen LogP contribution is -1.94. The predicted molar refractivity (Wildman–Crippen MR) is 73.5 cm³/mol. The molecule has 7 nitrogen and oxygen atoms in total. The van der Waals surface area contributed by atoms with E-state index < -0.39 is 0 Å². The van der Waals surface area contributed by atoms with Crippen LogP contribution in [0.15, 0.2) is 42.6 Å². The van der Waals surface area contributed by atoms with Crippen LogP contribution in [0.2, 0.25) is 0 Å². The van der Waals surface area contributed by atoms with Gasteiger partial charge in [-0.25, -0.2) is 4.68 Å². The van der Waals surface area contributed by atoms with E-state index in [9.17, 15) is 20.4 Å². The van der Waals surface area contributed by atoms with Gasteiger partial charge in [0.1, 0.15) is 17.2 Å². The first-order chi connectivity index (χ1) is 10.0. The number of phenols is 4. The van der Waals surface area contributed by atoms with E-state index in [-0.39, 0.29) is 23.0 Å². The number of hydrogen-bond donors (Lipinski definition) is 4. The van der Waals surface area contributed by atoms with Crippen LogP contribution >= 0.6 is 0 Å². The Morgan fingerprint density at radius 2 is 1.57 bits per heavy atom. The van der Waals surface area contributed by atoms with Crippen molar-refractivity contribution in [3.05, 3.63) is 42.6 Å². The fourth-order valence-electron chi connectivity index (χ4n) is 1.90. The molecule has 0 fully saturated rings. The quantitative estimate of drug-likeness (QED) is 0.421. The van der Waals surface area contributed by atoms with Crippen LogP contribution in [-0.2, 0) is 0 Å². The summed E-state index contributed by atoms with van der Waals surface area (Å²) in [5.74, 6) is -0.539. The summed E-state index contributed by atoms with van der Waals surface area (Å²) in [5.41, 5.74) is 1.18. The summed E-state index contributed by atoms with van der Waals surface area (Å²) < 4.78 is 1.37. The first-order valence-electron chi connectivity index (χ1n) is 6.01. The highest BCUT2D eigenvalue weighted by atomic mass is 16.3. The van der Waals surface area contributed by atoms with Gasteiger partial charge in [0.2, 0.25) is 0 Å². The Bertz CT molecular complexity index is 814. The van der Waals surface area contributed by atoms with Crippen molar-refractivity contribution in [1.29, 1.82) is 0 Å². The summed E-state index contributed by atoms with van der Waals surface area (Å²) in [4.78, 5) is 0. The zero-order chi connectivity index (χ0) is 15.0. The lowest BCUT2D eigenvalue weighted by molar-refractivity contribution is 0.403. The van der Waals surface area contributed by atoms with Gasteiger partial charge in [-0.2, -0.15) is 0 Å². The van der Waals surface area contributed by atoms with Crippen LogP contribution in [0.3, 0.4) is 0 Å². The van der Waals surface area contributed by atoms with Crippen LogP contribution in [0.4, 0.5) is 0 Å². The van der Waals surface area contributed by atoms with E-state index >= 15 is 0 Å². The van der Waals surface area contributed by atoms with E-state index in [1.807, 2.05) is 0 Å². The molecular formula is C14H11N3O4. The maximum absolute atomic E-state index is 9.79. The van der Waals surface area contributed by atoms with Crippen LogP contribution in [0, 0.1) is 0 Å². The summed E-state index contributed by atoms with van der Waals surface area (Å²) in [7, 11) is 0. The molecule has 1 heterocycles. The summed E-state index contributed by atoms with van der Waals surface area (Å²) in [6.07, 6.45) is 1.53. The summed E-state index contributed by atoms with van der Waals surface area (Å²) in [6, 6.07) is 8.30. The second-order valence-electron chi connectivity index (χ2n) is 4.42. The van der Waals surface area contributed by atoms with Gasteiger partial charge in [0.05, 0.1) is 11.9 Å². The minimum Gasteiger partial charge on any atom is -0.508 e. The number of aromatic hydroxyl groups is 4. The van der Waals surface area contributed by atoms with Crippen LogP contribution < -0.4 is 0 Å². The number of aromatic nitrogens is 3. The molecule has 0 spiro atoms. The second kappa shape index (κ2) is 4.71. The molecule has 106 valence electrons. The Morgan fingerprint density at radius 3 is 2.33 bits per heavy atom. The minimum atomic E-state index is -0.273. The van der Waals surface area contributed by atoms with Crippen molar-refractivity contribution in [3.8, 4) is 39.9 Å². The van der Waals surface area contributed by atoms with Crippen molar-refractivity contribution in [2.75, 3.05) is 0 Å². The Kier molecular flexibility index (Phi) is 2.87. The van der Waals surface area contributed by atoms with Gasteiger partial charge in [-0.15, -0.1) is 5.10 Å². The van der Waals surface area contributed by atoms with E-state index in [2.05, 4.69) is 10.3 Å². The lowest BCUT2D eigenvalue weighted by Gasteiger charge is -2.02. The summed E-state index contributed by atoms with van der Waals surface area (Å²) >= 11 is 0. The molecule has 3 aromatic rings. The molecule has 0 aliphatic heterocycles. The molecule has 0 unspecified atom stereocenters. The van der Waals surface area contributed by atoms with Gasteiger partial charge >= 0.3 is 0 Å². The molecule has 2 aromatic carbocycles. The molecule has 0 aliphatic carbocycles. The Hall–Kier alpha value is -3.22. The molecule has 0 saturated heterocycles. The zero-order valence-corrected chi connectivity index (χ0v) is 10.7. The second-order valence-corrected chi connectivity index (χ2v) is 4.42. The third-order valence-corrected chi connectivity index (χ3v) is 2.97. The SMILES string of the molecule is Oc1ccc(O)c(-c2cn(-c3ccc(O)c(O)c3)nn2)c1. The van der Waals surface area contributed by atoms with E-state index in [0.29, 0.717) is 16.9 Å².